The van der Waals surface area contributed by atoms with Gasteiger partial charge in [-0.1, -0.05) is 20.3 Å². The van der Waals surface area contributed by atoms with Gasteiger partial charge < -0.3 is 32.3 Å². The van der Waals surface area contributed by atoms with Gasteiger partial charge in [0.25, 0.3) is 0 Å². The van der Waals surface area contributed by atoms with E-state index in [1.165, 1.54) is 0 Å². The van der Waals surface area contributed by atoms with Gasteiger partial charge in [-0.25, -0.2) is 4.79 Å². The van der Waals surface area contributed by atoms with E-state index in [4.69, 9.17) is 21.7 Å². The number of carboxylic acids is 2. The van der Waals surface area contributed by atoms with Crippen molar-refractivity contribution in [1.29, 1.82) is 0 Å². The highest BCUT2D eigenvalue weighted by Gasteiger charge is 2.31. The maximum atomic E-state index is 12.4. The number of aliphatic carboxylic acids is 2. The Morgan fingerprint density at radius 1 is 1.04 bits per heavy atom. The monoisotopic (exact) mass is 374 g/mol. The van der Waals surface area contributed by atoms with Gasteiger partial charge in [0.05, 0.1) is 12.5 Å². The first-order chi connectivity index (χ1) is 12.0. The van der Waals surface area contributed by atoms with Gasteiger partial charge in [-0.3, -0.25) is 19.2 Å². The molecule has 8 N–H and O–H groups in total. The number of hydrogen-bond acceptors (Lipinski definition) is 6. The van der Waals surface area contributed by atoms with Crippen LogP contribution in [0.4, 0.5) is 0 Å². The number of nitrogens with two attached hydrogens (primary N) is 2. The highest BCUT2D eigenvalue weighted by Crippen LogP contribution is 2.10. The van der Waals surface area contributed by atoms with Crippen molar-refractivity contribution < 1.29 is 34.2 Å². The molecule has 148 valence electrons. The molecule has 0 saturated heterocycles. The van der Waals surface area contributed by atoms with Crippen LogP contribution in [-0.4, -0.2) is 58.0 Å². The second-order valence-corrected chi connectivity index (χ2v) is 5.98. The van der Waals surface area contributed by atoms with Crippen molar-refractivity contribution >= 4 is 29.7 Å². The summed E-state index contributed by atoms with van der Waals surface area (Å²) in [5, 5.41) is 22.3. The molecule has 0 heterocycles. The number of nitrogens with one attached hydrogen (secondary N) is 2. The number of carbonyl (C=O) groups excluding carboxylic acids is 3. The fourth-order valence-electron chi connectivity index (χ4n) is 2.04. The summed E-state index contributed by atoms with van der Waals surface area (Å²) >= 11 is 0. The summed E-state index contributed by atoms with van der Waals surface area (Å²) in [4.78, 5) is 57.1. The molecule has 0 aliphatic heterocycles. The first kappa shape index (κ1) is 23.3. The molecule has 0 aromatic carbocycles. The van der Waals surface area contributed by atoms with Gasteiger partial charge in [-0.15, -0.1) is 0 Å². The van der Waals surface area contributed by atoms with E-state index in [1.807, 2.05) is 0 Å². The van der Waals surface area contributed by atoms with Gasteiger partial charge in [0.1, 0.15) is 12.1 Å². The van der Waals surface area contributed by atoms with Crippen molar-refractivity contribution in [3.63, 3.8) is 0 Å². The van der Waals surface area contributed by atoms with Crippen LogP contribution < -0.4 is 22.1 Å². The maximum Gasteiger partial charge on any atom is 0.326 e. The average Bonchev–Trinajstić information content (AvgIpc) is 2.55. The van der Waals surface area contributed by atoms with Crippen LogP contribution in [0.5, 0.6) is 0 Å². The van der Waals surface area contributed by atoms with Crippen LogP contribution in [0.25, 0.3) is 0 Å². The second kappa shape index (κ2) is 11.0. The quantitative estimate of drug-likeness (QED) is 0.228. The Kier molecular flexibility index (Phi) is 9.89. The van der Waals surface area contributed by atoms with Gasteiger partial charge >= 0.3 is 11.9 Å². The Balaban J connectivity index is 5.09. The minimum Gasteiger partial charge on any atom is -0.481 e. The largest absolute Gasteiger partial charge is 0.481 e. The van der Waals surface area contributed by atoms with Crippen molar-refractivity contribution in [3.8, 4) is 0 Å². The van der Waals surface area contributed by atoms with Crippen LogP contribution in [0.2, 0.25) is 0 Å². The van der Waals surface area contributed by atoms with Crippen LogP contribution in [0.3, 0.4) is 0 Å². The Morgan fingerprint density at radius 3 is 2.04 bits per heavy atom. The lowest BCUT2D eigenvalue weighted by Gasteiger charge is -2.26. The van der Waals surface area contributed by atoms with E-state index in [9.17, 15) is 24.0 Å². The molecule has 0 fully saturated rings. The number of rotatable bonds is 12. The van der Waals surface area contributed by atoms with Crippen molar-refractivity contribution in [1.82, 2.24) is 10.6 Å². The molecule has 11 nitrogen and oxygen atoms in total. The normalized spacial score (nSPS) is 15.2. The zero-order valence-corrected chi connectivity index (χ0v) is 14.7. The number of amides is 3. The van der Waals surface area contributed by atoms with Crippen LogP contribution >= 0.6 is 0 Å². The first-order valence-electron chi connectivity index (χ1n) is 8.08. The Bertz CT molecular complexity index is 552. The number of primary amides is 1. The smallest absolute Gasteiger partial charge is 0.326 e. The van der Waals surface area contributed by atoms with Crippen LogP contribution in [0.1, 0.15) is 39.5 Å². The molecule has 26 heavy (non-hydrogen) atoms. The molecule has 0 aliphatic rings. The molecule has 0 aromatic heterocycles. The van der Waals surface area contributed by atoms with Gasteiger partial charge in [0.2, 0.25) is 17.7 Å². The number of hydrogen-bond donors (Lipinski definition) is 6. The predicted octanol–water partition coefficient (Wildman–Crippen LogP) is -1.85. The lowest BCUT2D eigenvalue weighted by molar-refractivity contribution is -0.144. The minimum absolute atomic E-state index is 0.116. The molecule has 0 bridgehead atoms. The van der Waals surface area contributed by atoms with Gasteiger partial charge in [0, 0.05) is 6.42 Å². The van der Waals surface area contributed by atoms with Crippen molar-refractivity contribution in [2.75, 3.05) is 0 Å². The van der Waals surface area contributed by atoms with E-state index in [0.717, 1.165) is 0 Å². The van der Waals surface area contributed by atoms with E-state index in [0.29, 0.717) is 6.42 Å². The highest BCUT2D eigenvalue weighted by molar-refractivity contribution is 5.93. The van der Waals surface area contributed by atoms with Crippen molar-refractivity contribution in [3.05, 3.63) is 0 Å². The van der Waals surface area contributed by atoms with E-state index >= 15 is 0 Å². The molecular weight excluding hydrogens is 348 g/mol. The average molecular weight is 374 g/mol. The van der Waals surface area contributed by atoms with E-state index in [1.54, 1.807) is 13.8 Å². The maximum absolute atomic E-state index is 12.4. The van der Waals surface area contributed by atoms with Crippen LogP contribution in [0.15, 0.2) is 0 Å². The van der Waals surface area contributed by atoms with Crippen LogP contribution in [-0.2, 0) is 24.0 Å². The second-order valence-electron chi connectivity index (χ2n) is 5.98. The van der Waals surface area contributed by atoms with Gasteiger partial charge in [-0.05, 0) is 12.3 Å². The molecule has 0 spiro atoms. The predicted molar refractivity (Wildman–Crippen MR) is 89.6 cm³/mol. The molecule has 4 unspecified atom stereocenters. The highest BCUT2D eigenvalue weighted by atomic mass is 16.4. The Hall–Kier alpha value is -2.69. The third-order valence-corrected chi connectivity index (χ3v) is 3.82. The molecule has 3 amide bonds. The van der Waals surface area contributed by atoms with E-state index in [2.05, 4.69) is 10.6 Å². The Labute approximate surface area is 150 Å². The fraction of sp³-hybridized carbons (Fsp3) is 0.667. The molecule has 0 aliphatic carbocycles. The molecule has 4 atom stereocenters. The lowest BCUT2D eigenvalue weighted by Crippen LogP contribution is -2.57. The summed E-state index contributed by atoms with van der Waals surface area (Å²) in [5.41, 5.74) is 10.6. The van der Waals surface area contributed by atoms with Crippen molar-refractivity contribution in [2.24, 2.45) is 17.4 Å². The topological polar surface area (TPSA) is 202 Å². The van der Waals surface area contributed by atoms with E-state index < -0.39 is 54.2 Å². The SMILES string of the molecule is CCC(C)C(NC(=O)C(N)CCC(=O)O)C(=O)NC(CC(N)=O)C(=O)O. The standard InChI is InChI=1S/C15H26N4O7/c1-3-7(2)12(19-13(23)8(16)4-5-11(21)22)14(24)18-9(15(25)26)6-10(17)20/h7-9,12H,3-6,16H2,1-2H3,(H2,17,20)(H,18,24)(H,19,23)(H,21,22)(H,25,26). The third-order valence-electron chi connectivity index (χ3n) is 3.82. The molecule has 0 rings (SSSR count). The molecule has 0 radical (unpaired) electrons. The summed E-state index contributed by atoms with van der Waals surface area (Å²) in [6, 6.07) is -3.76. The lowest BCUT2D eigenvalue weighted by atomic mass is 9.97. The summed E-state index contributed by atoms with van der Waals surface area (Å²) in [7, 11) is 0. The zero-order chi connectivity index (χ0) is 20.4. The van der Waals surface area contributed by atoms with Crippen molar-refractivity contribution in [2.45, 2.75) is 57.7 Å². The Morgan fingerprint density at radius 2 is 1.62 bits per heavy atom. The van der Waals surface area contributed by atoms with Gasteiger partial charge in [-0.2, -0.15) is 0 Å². The first-order valence-corrected chi connectivity index (χ1v) is 8.08. The van der Waals surface area contributed by atoms with E-state index in [-0.39, 0.29) is 18.8 Å². The molecule has 11 heteroatoms. The summed E-state index contributed by atoms with van der Waals surface area (Å²) in [6.45, 7) is 3.43. The fourth-order valence-corrected chi connectivity index (χ4v) is 2.04. The summed E-state index contributed by atoms with van der Waals surface area (Å²) in [6.07, 6.45) is -0.541. The third kappa shape index (κ3) is 8.42. The summed E-state index contributed by atoms with van der Waals surface area (Å²) in [5.74, 6) is -5.35. The molecular formula is C15H26N4O7. The zero-order valence-electron chi connectivity index (χ0n) is 14.7. The minimum atomic E-state index is -1.52. The number of carbonyl (C=O) groups is 5. The molecule has 0 saturated carbocycles. The molecule has 0 aromatic rings. The van der Waals surface area contributed by atoms with Crippen LogP contribution in [0, 0.1) is 5.92 Å². The number of carboxylic acid groups (broad SMARTS) is 2. The van der Waals surface area contributed by atoms with Gasteiger partial charge in [0.15, 0.2) is 0 Å². The summed E-state index contributed by atoms with van der Waals surface area (Å²) < 4.78 is 0.